The summed E-state index contributed by atoms with van der Waals surface area (Å²) in [4.78, 5) is 40.4. The van der Waals surface area contributed by atoms with Crippen LogP contribution in [0.15, 0.2) is 35.9 Å². The van der Waals surface area contributed by atoms with Gasteiger partial charge in [0.15, 0.2) is 0 Å². The lowest BCUT2D eigenvalue weighted by Gasteiger charge is -2.54. The van der Waals surface area contributed by atoms with Crippen molar-refractivity contribution in [1.29, 1.82) is 0 Å². The van der Waals surface area contributed by atoms with E-state index in [1.54, 1.807) is 6.92 Å². The second-order valence-corrected chi connectivity index (χ2v) is 8.92. The van der Waals surface area contributed by atoms with Gasteiger partial charge >= 0.3 is 11.9 Å². The highest BCUT2D eigenvalue weighted by molar-refractivity contribution is 5.92. The van der Waals surface area contributed by atoms with Crippen molar-refractivity contribution in [3.8, 4) is 0 Å². The molecule has 0 saturated carbocycles. The van der Waals surface area contributed by atoms with E-state index in [2.05, 4.69) is 0 Å². The summed E-state index contributed by atoms with van der Waals surface area (Å²) in [6.07, 6.45) is 1.98. The summed E-state index contributed by atoms with van der Waals surface area (Å²) in [5.41, 5.74) is 2.33. The summed E-state index contributed by atoms with van der Waals surface area (Å²) in [6, 6.07) is 7.69. The molecule has 1 aromatic heterocycles. The highest BCUT2D eigenvalue weighted by Gasteiger charge is 2.65. The van der Waals surface area contributed by atoms with Crippen molar-refractivity contribution in [1.82, 2.24) is 9.47 Å². The van der Waals surface area contributed by atoms with Gasteiger partial charge in [0.2, 0.25) is 17.7 Å². The molecule has 0 bridgehead atoms. The van der Waals surface area contributed by atoms with Crippen LogP contribution in [-0.4, -0.2) is 53.9 Å². The van der Waals surface area contributed by atoms with Crippen LogP contribution in [0.2, 0.25) is 0 Å². The second kappa shape index (κ2) is 7.73. The number of rotatable bonds is 2. The Labute approximate surface area is 192 Å². The van der Waals surface area contributed by atoms with Crippen LogP contribution in [-0.2, 0) is 40.6 Å². The zero-order valence-electron chi connectivity index (χ0n) is 19.3. The van der Waals surface area contributed by atoms with Crippen LogP contribution in [0.1, 0.15) is 44.5 Å². The van der Waals surface area contributed by atoms with E-state index in [1.165, 1.54) is 14.0 Å². The van der Waals surface area contributed by atoms with E-state index in [-0.39, 0.29) is 24.5 Å². The molecule has 1 aromatic carbocycles. The summed E-state index contributed by atoms with van der Waals surface area (Å²) in [6.45, 7) is 5.65. The number of carbonyl (C=O) groups excluding carboxylic acids is 3. The van der Waals surface area contributed by atoms with Crippen molar-refractivity contribution in [2.45, 2.75) is 51.5 Å². The molecule has 3 aliphatic rings. The summed E-state index contributed by atoms with van der Waals surface area (Å²) in [5.74, 6) is -1.45. The van der Waals surface area contributed by atoms with Crippen LogP contribution in [0.4, 0.5) is 0 Å². The Hall–Kier alpha value is -3.13. The number of aromatic nitrogens is 1. The monoisotopic (exact) mass is 452 g/mol. The van der Waals surface area contributed by atoms with E-state index in [1.807, 2.05) is 46.7 Å². The molecule has 0 radical (unpaired) electrons. The number of para-hydroxylation sites is 1. The minimum atomic E-state index is -1.44. The van der Waals surface area contributed by atoms with E-state index in [0.717, 1.165) is 27.7 Å². The van der Waals surface area contributed by atoms with E-state index in [4.69, 9.17) is 14.2 Å². The van der Waals surface area contributed by atoms with Crippen LogP contribution in [0.3, 0.4) is 0 Å². The molecule has 174 valence electrons. The number of allylic oxidation sites excluding steroid dienone is 1. The van der Waals surface area contributed by atoms with Crippen LogP contribution >= 0.6 is 0 Å². The number of benzene rings is 1. The van der Waals surface area contributed by atoms with Gasteiger partial charge in [-0.2, -0.15) is 0 Å². The molecule has 1 fully saturated rings. The van der Waals surface area contributed by atoms with Gasteiger partial charge in [-0.15, -0.1) is 0 Å². The number of amides is 1. The number of hydrogen-bond acceptors (Lipinski definition) is 6. The molecule has 0 N–H and O–H groups in total. The number of ether oxygens (including phenoxy) is 3. The Morgan fingerprint density at radius 1 is 1.21 bits per heavy atom. The maximum Gasteiger partial charge on any atom is 0.339 e. The first-order chi connectivity index (χ1) is 15.9. The smallest absolute Gasteiger partial charge is 0.339 e. The zero-order chi connectivity index (χ0) is 23.5. The van der Waals surface area contributed by atoms with Gasteiger partial charge in [-0.05, 0) is 37.0 Å². The topological polar surface area (TPSA) is 87.1 Å². The maximum absolute atomic E-state index is 13.8. The Bertz CT molecular complexity index is 1200. The van der Waals surface area contributed by atoms with Gasteiger partial charge in [0.25, 0.3) is 0 Å². The van der Waals surface area contributed by atoms with Crippen molar-refractivity contribution in [3.05, 3.63) is 47.2 Å². The van der Waals surface area contributed by atoms with Crippen LogP contribution in [0, 0.1) is 5.92 Å². The fourth-order valence-corrected chi connectivity index (χ4v) is 6.20. The third-order valence-corrected chi connectivity index (χ3v) is 7.44. The minimum absolute atomic E-state index is 0.00125. The molecule has 0 aliphatic carbocycles. The number of methoxy groups -OCH3 is 1. The highest BCUT2D eigenvalue weighted by atomic mass is 16.7. The molecule has 5 rings (SSSR count). The zero-order valence-corrected chi connectivity index (χ0v) is 19.3. The third-order valence-electron chi connectivity index (χ3n) is 7.44. The van der Waals surface area contributed by atoms with Gasteiger partial charge in [-0.3, -0.25) is 9.59 Å². The molecule has 4 atom stereocenters. The fraction of sp³-hybridized carbons (Fsp3) is 0.480. The summed E-state index contributed by atoms with van der Waals surface area (Å²) >= 11 is 0. The Morgan fingerprint density at radius 3 is 2.64 bits per heavy atom. The molecular formula is C25H28N2O6. The molecule has 1 saturated heterocycles. The molecule has 4 heterocycles. The molecule has 8 nitrogen and oxygen atoms in total. The number of fused-ring (bicyclic) bond motifs is 5. The van der Waals surface area contributed by atoms with Gasteiger partial charge in [-0.1, -0.05) is 24.3 Å². The van der Waals surface area contributed by atoms with Crippen molar-refractivity contribution in [3.63, 3.8) is 0 Å². The first-order valence-electron chi connectivity index (χ1n) is 11.3. The van der Waals surface area contributed by atoms with Crippen molar-refractivity contribution in [2.75, 3.05) is 20.3 Å². The van der Waals surface area contributed by atoms with Crippen LogP contribution in [0.25, 0.3) is 10.9 Å². The molecular weight excluding hydrogens is 424 g/mol. The standard InChI is InChI=1S/C25H28N2O6/c1-5-16-13-32-24(33-15(3)29)25(23(30)31-4)19(16)12-21-22-18(10-11-26(21)14(2)28)17-8-6-7-9-20(17)27(22)25/h5-9,19,21,24H,10-13H2,1-4H3/b16-5-/t19-,21-,24?,25+/m0/s1. The lowest BCUT2D eigenvalue weighted by atomic mass is 9.68. The first kappa shape index (κ1) is 21.7. The highest BCUT2D eigenvalue weighted by Crippen LogP contribution is 2.56. The van der Waals surface area contributed by atoms with Gasteiger partial charge in [0.1, 0.15) is 0 Å². The number of nitrogens with zero attached hydrogens (tertiary/aromatic N) is 2. The van der Waals surface area contributed by atoms with Crippen molar-refractivity contribution in [2.24, 2.45) is 5.92 Å². The number of hydrogen-bond donors (Lipinski definition) is 0. The normalized spacial score (nSPS) is 29.4. The predicted octanol–water partition coefficient (Wildman–Crippen LogP) is 2.84. The van der Waals surface area contributed by atoms with Crippen molar-refractivity contribution >= 4 is 28.7 Å². The number of carbonyl (C=O) groups is 3. The SMILES string of the molecule is C/C=C1/COC(OC(C)=O)[C@]2(C(=O)OC)[C@H]1C[C@H]1c3c(c4ccccc4n32)CCN1C(C)=O. The minimum Gasteiger partial charge on any atom is -0.467 e. The van der Waals surface area contributed by atoms with E-state index >= 15 is 0 Å². The Balaban J connectivity index is 1.91. The van der Waals surface area contributed by atoms with E-state index in [9.17, 15) is 14.4 Å². The second-order valence-electron chi connectivity index (χ2n) is 8.92. The fourth-order valence-electron chi connectivity index (χ4n) is 6.20. The summed E-state index contributed by atoms with van der Waals surface area (Å²) in [5, 5.41) is 1.03. The van der Waals surface area contributed by atoms with Crippen LogP contribution < -0.4 is 0 Å². The largest absolute Gasteiger partial charge is 0.467 e. The molecule has 1 unspecified atom stereocenters. The Morgan fingerprint density at radius 2 is 1.97 bits per heavy atom. The predicted molar refractivity (Wildman–Crippen MR) is 119 cm³/mol. The Kier molecular flexibility index (Phi) is 5.08. The van der Waals surface area contributed by atoms with Gasteiger partial charge in [0, 0.05) is 42.9 Å². The van der Waals surface area contributed by atoms with E-state index in [0.29, 0.717) is 19.4 Å². The number of esters is 2. The average molecular weight is 453 g/mol. The average Bonchev–Trinajstić information content (AvgIpc) is 3.14. The molecule has 1 amide bonds. The molecule has 33 heavy (non-hydrogen) atoms. The summed E-state index contributed by atoms with van der Waals surface area (Å²) < 4.78 is 19.1. The van der Waals surface area contributed by atoms with Crippen LogP contribution in [0.5, 0.6) is 0 Å². The van der Waals surface area contributed by atoms with E-state index < -0.39 is 23.8 Å². The maximum atomic E-state index is 13.8. The molecule has 8 heteroatoms. The van der Waals surface area contributed by atoms with Crippen molar-refractivity contribution < 1.29 is 28.6 Å². The first-order valence-corrected chi connectivity index (χ1v) is 11.3. The summed E-state index contributed by atoms with van der Waals surface area (Å²) in [7, 11) is 1.34. The molecule has 2 aromatic rings. The lowest BCUT2D eigenvalue weighted by Crippen LogP contribution is -2.66. The quantitative estimate of drug-likeness (QED) is 0.515. The third kappa shape index (κ3) is 2.83. The van der Waals surface area contributed by atoms with Gasteiger partial charge < -0.3 is 23.7 Å². The lowest BCUT2D eigenvalue weighted by molar-refractivity contribution is -0.234. The van der Waals surface area contributed by atoms with Gasteiger partial charge in [0.05, 0.1) is 19.8 Å². The molecule has 0 spiro atoms. The van der Waals surface area contributed by atoms with Gasteiger partial charge in [-0.25, -0.2) is 4.79 Å². The molecule has 3 aliphatic heterocycles.